The van der Waals surface area contributed by atoms with E-state index in [-0.39, 0.29) is 5.91 Å². The van der Waals surface area contributed by atoms with Gasteiger partial charge in [-0.1, -0.05) is 34.6 Å². The zero-order valence-electron chi connectivity index (χ0n) is 12.1. The molecule has 0 aromatic rings. The molecule has 2 nitrogen and oxygen atoms in total. The van der Waals surface area contributed by atoms with Crippen molar-refractivity contribution in [3.8, 4) is 0 Å². The van der Waals surface area contributed by atoms with Gasteiger partial charge in [0.25, 0.3) is 0 Å². The van der Waals surface area contributed by atoms with Gasteiger partial charge in [0, 0.05) is 12.5 Å². The third-order valence-electron chi connectivity index (χ3n) is 2.74. The zero-order valence-corrected chi connectivity index (χ0v) is 12.1. The predicted molar refractivity (Wildman–Crippen MR) is 72.5 cm³/mol. The van der Waals surface area contributed by atoms with Crippen molar-refractivity contribution in [2.45, 2.75) is 67.2 Å². The maximum Gasteiger partial charge on any atom is 0.223 e. The first-order chi connectivity index (χ1) is 7.74. The second-order valence-corrected chi connectivity index (χ2v) is 3.85. The number of rotatable bonds is 2. The van der Waals surface area contributed by atoms with E-state index in [1.54, 1.807) is 0 Å². The molecular weight excluding hydrogens is 198 g/mol. The summed E-state index contributed by atoms with van der Waals surface area (Å²) < 4.78 is 0. The Morgan fingerprint density at radius 2 is 1.50 bits per heavy atom. The first-order valence-electron chi connectivity index (χ1n) is 7.01. The number of carbonyl (C=O) groups is 1. The van der Waals surface area contributed by atoms with Gasteiger partial charge in [-0.3, -0.25) is 4.79 Å². The van der Waals surface area contributed by atoms with Crippen LogP contribution in [0.3, 0.4) is 0 Å². The molecule has 0 aromatic heterocycles. The minimum Gasteiger partial charge on any atom is -0.356 e. The van der Waals surface area contributed by atoms with E-state index in [0.717, 1.165) is 25.3 Å². The molecule has 1 rings (SSSR count). The van der Waals surface area contributed by atoms with Crippen molar-refractivity contribution in [3.05, 3.63) is 0 Å². The van der Waals surface area contributed by atoms with E-state index in [1.165, 1.54) is 12.8 Å². The Labute approximate surface area is 102 Å². The largest absolute Gasteiger partial charge is 0.356 e. The maximum absolute atomic E-state index is 11.4. The maximum atomic E-state index is 11.4. The highest BCUT2D eigenvalue weighted by Gasteiger charge is 2.23. The fourth-order valence-corrected chi connectivity index (χ4v) is 1.84. The highest BCUT2D eigenvalue weighted by molar-refractivity contribution is 5.78. The molecule has 1 aliphatic rings. The summed E-state index contributed by atoms with van der Waals surface area (Å²) in [7, 11) is 0. The molecule has 1 saturated carbocycles. The monoisotopic (exact) mass is 229 g/mol. The second kappa shape index (κ2) is 12.5. The number of carbonyl (C=O) groups excluding carboxylic acids is 1. The van der Waals surface area contributed by atoms with Crippen molar-refractivity contribution in [2.75, 3.05) is 6.54 Å². The lowest BCUT2D eigenvalue weighted by molar-refractivity contribution is -0.126. The third kappa shape index (κ3) is 7.72. The van der Waals surface area contributed by atoms with Gasteiger partial charge in [-0.25, -0.2) is 0 Å². The molecule has 0 unspecified atom stereocenters. The molecule has 1 aliphatic carbocycles. The molecule has 1 amide bonds. The van der Waals surface area contributed by atoms with Gasteiger partial charge in [0.05, 0.1) is 0 Å². The molecule has 0 radical (unpaired) electrons. The van der Waals surface area contributed by atoms with Gasteiger partial charge >= 0.3 is 0 Å². The van der Waals surface area contributed by atoms with Gasteiger partial charge < -0.3 is 5.32 Å². The Morgan fingerprint density at radius 1 is 1.06 bits per heavy atom. The van der Waals surface area contributed by atoms with Gasteiger partial charge in [0.2, 0.25) is 5.91 Å². The minimum atomic E-state index is 0.268. The molecule has 0 spiro atoms. The average Bonchev–Trinajstić information content (AvgIpc) is 2.35. The lowest BCUT2D eigenvalue weighted by Gasteiger charge is -2.24. The van der Waals surface area contributed by atoms with Crippen LogP contribution in [0.5, 0.6) is 0 Å². The summed E-state index contributed by atoms with van der Waals surface area (Å²) in [5.74, 6) is 1.40. The van der Waals surface area contributed by atoms with Crippen LogP contribution in [0.25, 0.3) is 0 Å². The third-order valence-corrected chi connectivity index (χ3v) is 2.74. The van der Waals surface area contributed by atoms with Crippen molar-refractivity contribution in [1.82, 2.24) is 5.32 Å². The van der Waals surface area contributed by atoms with Crippen LogP contribution in [0.15, 0.2) is 0 Å². The highest BCUT2D eigenvalue weighted by atomic mass is 16.1. The number of nitrogens with one attached hydrogen (secondary N) is 1. The van der Waals surface area contributed by atoms with Crippen LogP contribution in [-0.2, 0) is 4.79 Å². The van der Waals surface area contributed by atoms with E-state index in [1.807, 2.05) is 34.6 Å². The average molecular weight is 229 g/mol. The summed E-state index contributed by atoms with van der Waals surface area (Å²) in [6.07, 6.45) is 4.63. The molecule has 0 bridgehead atoms. The van der Waals surface area contributed by atoms with E-state index in [9.17, 15) is 4.79 Å². The van der Waals surface area contributed by atoms with E-state index >= 15 is 0 Å². The Kier molecular flexibility index (Phi) is 14.0. The number of hydrogen-bond acceptors (Lipinski definition) is 1. The van der Waals surface area contributed by atoms with Crippen molar-refractivity contribution in [3.63, 3.8) is 0 Å². The minimum absolute atomic E-state index is 0.268. The Balaban J connectivity index is 0. The Morgan fingerprint density at radius 3 is 1.88 bits per heavy atom. The molecule has 1 fully saturated rings. The Bertz CT molecular complexity index is 149. The van der Waals surface area contributed by atoms with Crippen LogP contribution >= 0.6 is 0 Å². The first kappa shape index (κ1) is 17.9. The van der Waals surface area contributed by atoms with Gasteiger partial charge in [-0.05, 0) is 38.5 Å². The molecule has 0 atom stereocenters. The summed E-state index contributed by atoms with van der Waals surface area (Å²) in [4.78, 5) is 11.4. The molecule has 16 heavy (non-hydrogen) atoms. The van der Waals surface area contributed by atoms with E-state index in [0.29, 0.717) is 5.92 Å². The molecule has 1 N–H and O–H groups in total. The normalized spacial score (nSPS) is 23.1. The molecule has 0 saturated heterocycles. The fraction of sp³-hybridized carbons (Fsp3) is 0.929. The van der Waals surface area contributed by atoms with Crippen LogP contribution in [0.1, 0.15) is 67.2 Å². The lowest BCUT2D eigenvalue weighted by atomic mass is 9.82. The standard InChI is InChI=1S/C10H19NO.2C2H6/c1-3-11-10(12)9-6-4-8(2)5-7-9;2*1-2/h8-9H,3-7H2,1-2H3,(H,11,12);2*1-2H3. The summed E-state index contributed by atoms with van der Waals surface area (Å²) in [6.45, 7) is 13.0. The van der Waals surface area contributed by atoms with Crippen molar-refractivity contribution in [2.24, 2.45) is 11.8 Å². The van der Waals surface area contributed by atoms with E-state index in [2.05, 4.69) is 12.2 Å². The van der Waals surface area contributed by atoms with Gasteiger partial charge in [-0.15, -0.1) is 0 Å². The fourth-order valence-electron chi connectivity index (χ4n) is 1.84. The highest BCUT2D eigenvalue weighted by Crippen LogP contribution is 2.28. The molecule has 0 heterocycles. The lowest BCUT2D eigenvalue weighted by Crippen LogP contribution is -2.32. The van der Waals surface area contributed by atoms with Crippen molar-refractivity contribution >= 4 is 5.91 Å². The summed E-state index contributed by atoms with van der Waals surface area (Å²) in [5.41, 5.74) is 0. The zero-order chi connectivity index (χ0) is 13.0. The molecular formula is C14H31NO. The molecule has 0 aliphatic heterocycles. The summed E-state index contributed by atoms with van der Waals surface area (Å²) in [5, 5.41) is 2.89. The van der Waals surface area contributed by atoms with Crippen LogP contribution in [-0.4, -0.2) is 12.5 Å². The first-order valence-corrected chi connectivity index (χ1v) is 7.01. The van der Waals surface area contributed by atoms with Gasteiger partial charge in [0.1, 0.15) is 0 Å². The molecule has 98 valence electrons. The topological polar surface area (TPSA) is 29.1 Å². The van der Waals surface area contributed by atoms with E-state index in [4.69, 9.17) is 0 Å². The predicted octanol–water partition coefficient (Wildman–Crippen LogP) is 4.00. The summed E-state index contributed by atoms with van der Waals surface area (Å²) in [6, 6.07) is 0. The number of amides is 1. The second-order valence-electron chi connectivity index (χ2n) is 3.85. The number of hydrogen-bond donors (Lipinski definition) is 1. The van der Waals surface area contributed by atoms with Crippen molar-refractivity contribution < 1.29 is 4.79 Å². The van der Waals surface area contributed by atoms with Crippen LogP contribution in [0, 0.1) is 11.8 Å². The molecule has 2 heteroatoms. The SMILES string of the molecule is CC.CC.CCNC(=O)C1CCC(C)CC1. The quantitative estimate of drug-likeness (QED) is 0.762. The van der Waals surface area contributed by atoms with Gasteiger partial charge in [0.15, 0.2) is 0 Å². The van der Waals surface area contributed by atoms with Crippen LogP contribution < -0.4 is 5.32 Å². The Hall–Kier alpha value is -0.530. The van der Waals surface area contributed by atoms with E-state index < -0.39 is 0 Å². The van der Waals surface area contributed by atoms with Crippen LogP contribution in [0.4, 0.5) is 0 Å². The van der Waals surface area contributed by atoms with Crippen LogP contribution in [0.2, 0.25) is 0 Å². The van der Waals surface area contributed by atoms with Crippen molar-refractivity contribution in [1.29, 1.82) is 0 Å². The smallest absolute Gasteiger partial charge is 0.223 e. The van der Waals surface area contributed by atoms with Gasteiger partial charge in [-0.2, -0.15) is 0 Å². The molecule has 0 aromatic carbocycles. The summed E-state index contributed by atoms with van der Waals surface area (Å²) >= 11 is 0.